The maximum atomic E-state index is 11.8. The zero-order valence-electron chi connectivity index (χ0n) is 12.6. The van der Waals surface area contributed by atoms with Crippen molar-refractivity contribution >= 4 is 22.4 Å². The van der Waals surface area contributed by atoms with Crippen molar-refractivity contribution in [3.8, 4) is 0 Å². The molecule has 2 aromatic rings. The number of aromatic nitrogens is 1. The number of hydrogen-bond acceptors (Lipinski definition) is 5. The number of benzene rings is 1. The number of anilines is 1. The van der Waals surface area contributed by atoms with E-state index in [0.29, 0.717) is 12.3 Å². The van der Waals surface area contributed by atoms with E-state index in [1.165, 1.54) is 16.9 Å². The van der Waals surface area contributed by atoms with Gasteiger partial charge >= 0.3 is 5.97 Å². The average molecular weight is 304 g/mol. The molecule has 1 heterocycles. The molecule has 5 heteroatoms. The molecule has 0 saturated carbocycles. The van der Waals surface area contributed by atoms with Crippen LogP contribution in [0.4, 0.5) is 5.13 Å². The Bertz CT molecular complexity index is 596. The maximum Gasteiger partial charge on any atom is 0.358 e. The Labute approximate surface area is 129 Å². The highest BCUT2D eigenvalue weighted by molar-refractivity contribution is 7.15. The van der Waals surface area contributed by atoms with E-state index < -0.39 is 0 Å². The van der Waals surface area contributed by atoms with Gasteiger partial charge in [0.2, 0.25) is 0 Å². The monoisotopic (exact) mass is 304 g/mol. The van der Waals surface area contributed by atoms with E-state index in [-0.39, 0.29) is 5.97 Å². The summed E-state index contributed by atoms with van der Waals surface area (Å²) >= 11 is 1.53. The predicted molar refractivity (Wildman–Crippen MR) is 86.2 cm³/mol. The Hall–Kier alpha value is -1.88. The largest absolute Gasteiger partial charge is 0.461 e. The fraction of sp³-hybridized carbons (Fsp3) is 0.375. The van der Waals surface area contributed by atoms with Gasteiger partial charge in [-0.05, 0) is 25.8 Å². The number of nitrogens with zero attached hydrogens (tertiary/aromatic N) is 2. The van der Waals surface area contributed by atoms with Crippen molar-refractivity contribution < 1.29 is 9.53 Å². The van der Waals surface area contributed by atoms with Gasteiger partial charge < -0.3 is 9.64 Å². The number of aryl methyl sites for hydroxylation is 1. The summed E-state index contributed by atoms with van der Waals surface area (Å²) in [6.07, 6.45) is 0.949. The lowest BCUT2D eigenvalue weighted by Gasteiger charge is -2.15. The van der Waals surface area contributed by atoms with Crippen LogP contribution < -0.4 is 4.90 Å². The van der Waals surface area contributed by atoms with Crippen LogP contribution in [0.25, 0.3) is 0 Å². The maximum absolute atomic E-state index is 11.8. The van der Waals surface area contributed by atoms with Crippen LogP contribution >= 0.6 is 11.3 Å². The first-order chi connectivity index (χ1) is 10.1. The first-order valence-electron chi connectivity index (χ1n) is 7.01. The number of esters is 1. The van der Waals surface area contributed by atoms with E-state index in [1.54, 1.807) is 6.92 Å². The molecule has 2 rings (SSSR count). The summed E-state index contributed by atoms with van der Waals surface area (Å²) in [6.45, 7) is 4.93. The van der Waals surface area contributed by atoms with Gasteiger partial charge in [0.05, 0.1) is 6.61 Å². The molecule has 0 saturated heterocycles. The molecule has 0 aliphatic heterocycles. The van der Waals surface area contributed by atoms with Gasteiger partial charge in [0.1, 0.15) is 0 Å². The van der Waals surface area contributed by atoms with E-state index >= 15 is 0 Å². The number of carbonyl (C=O) groups excluding carboxylic acids is 1. The molecule has 0 amide bonds. The Kier molecular flexibility index (Phi) is 5.33. The summed E-state index contributed by atoms with van der Waals surface area (Å²) in [6, 6.07) is 10.3. The van der Waals surface area contributed by atoms with Crippen LogP contribution in [0.1, 0.15) is 27.9 Å². The minimum atomic E-state index is -0.339. The van der Waals surface area contributed by atoms with Crippen molar-refractivity contribution in [3.05, 3.63) is 46.5 Å². The molecule has 0 fully saturated rings. The number of thiazole rings is 1. The summed E-state index contributed by atoms with van der Waals surface area (Å²) in [4.78, 5) is 19.2. The average Bonchev–Trinajstić information content (AvgIpc) is 2.88. The second kappa shape index (κ2) is 7.22. The van der Waals surface area contributed by atoms with Crippen LogP contribution in [-0.4, -0.2) is 31.2 Å². The van der Waals surface area contributed by atoms with Crippen molar-refractivity contribution in [3.63, 3.8) is 0 Å². The molecule has 21 heavy (non-hydrogen) atoms. The molecule has 0 atom stereocenters. The molecule has 0 radical (unpaired) electrons. The quantitative estimate of drug-likeness (QED) is 0.768. The van der Waals surface area contributed by atoms with Gasteiger partial charge in [-0.15, -0.1) is 11.3 Å². The van der Waals surface area contributed by atoms with Crippen LogP contribution in [0.3, 0.4) is 0 Å². The Balaban J connectivity index is 2.01. The Morgan fingerprint density at radius 3 is 2.71 bits per heavy atom. The van der Waals surface area contributed by atoms with Gasteiger partial charge in [0.15, 0.2) is 10.8 Å². The molecule has 0 bridgehead atoms. The number of rotatable bonds is 6. The third-order valence-electron chi connectivity index (χ3n) is 3.16. The molecule has 0 aliphatic carbocycles. The van der Waals surface area contributed by atoms with Crippen molar-refractivity contribution in [2.24, 2.45) is 0 Å². The van der Waals surface area contributed by atoms with Crippen LogP contribution in [0.2, 0.25) is 0 Å². The van der Waals surface area contributed by atoms with Crippen LogP contribution in [0.15, 0.2) is 30.3 Å². The summed E-state index contributed by atoms with van der Waals surface area (Å²) < 4.78 is 5.02. The fourth-order valence-electron chi connectivity index (χ4n) is 1.97. The van der Waals surface area contributed by atoms with E-state index in [2.05, 4.69) is 22.0 Å². The van der Waals surface area contributed by atoms with Crippen molar-refractivity contribution in [2.45, 2.75) is 20.3 Å². The SMILES string of the molecule is CCOC(=O)c1nc(N(C)CCc2ccccc2)sc1C. The van der Waals surface area contributed by atoms with Crippen LogP contribution in [0.5, 0.6) is 0 Å². The highest BCUT2D eigenvalue weighted by atomic mass is 32.1. The summed E-state index contributed by atoms with van der Waals surface area (Å²) in [7, 11) is 2.00. The Morgan fingerprint density at radius 2 is 2.05 bits per heavy atom. The minimum absolute atomic E-state index is 0.339. The van der Waals surface area contributed by atoms with Gasteiger partial charge in [-0.2, -0.15) is 0 Å². The standard InChI is InChI=1S/C16H20N2O2S/c1-4-20-15(19)14-12(2)21-16(17-14)18(3)11-10-13-8-6-5-7-9-13/h5-9H,4,10-11H2,1-3H3. The molecule has 0 spiro atoms. The van der Waals surface area contributed by atoms with Crippen molar-refractivity contribution in [1.29, 1.82) is 0 Å². The molecule has 0 unspecified atom stereocenters. The highest BCUT2D eigenvalue weighted by Crippen LogP contribution is 2.25. The molecule has 0 N–H and O–H groups in total. The molecular weight excluding hydrogens is 284 g/mol. The first kappa shape index (κ1) is 15.5. The molecule has 4 nitrogen and oxygen atoms in total. The second-order valence-electron chi connectivity index (χ2n) is 4.78. The zero-order chi connectivity index (χ0) is 15.2. The van der Waals surface area contributed by atoms with Crippen LogP contribution in [-0.2, 0) is 11.2 Å². The van der Waals surface area contributed by atoms with E-state index in [0.717, 1.165) is 23.0 Å². The molecule has 112 valence electrons. The van der Waals surface area contributed by atoms with Gasteiger partial charge in [-0.1, -0.05) is 30.3 Å². The summed E-state index contributed by atoms with van der Waals surface area (Å²) in [5, 5.41) is 0.853. The van der Waals surface area contributed by atoms with Gasteiger partial charge in [-0.3, -0.25) is 0 Å². The van der Waals surface area contributed by atoms with Gasteiger partial charge in [-0.25, -0.2) is 9.78 Å². The number of carbonyl (C=O) groups is 1. The predicted octanol–water partition coefficient (Wildman–Crippen LogP) is 3.31. The normalized spacial score (nSPS) is 10.4. The van der Waals surface area contributed by atoms with Crippen molar-refractivity contribution in [1.82, 2.24) is 4.98 Å². The fourth-order valence-corrected chi connectivity index (χ4v) is 2.86. The van der Waals surface area contributed by atoms with Crippen molar-refractivity contribution in [2.75, 3.05) is 25.1 Å². The molecular formula is C16H20N2O2S. The third kappa shape index (κ3) is 4.04. The lowest BCUT2D eigenvalue weighted by molar-refractivity contribution is 0.0519. The molecule has 1 aromatic heterocycles. The lowest BCUT2D eigenvalue weighted by Crippen LogP contribution is -2.20. The lowest BCUT2D eigenvalue weighted by atomic mass is 10.1. The number of likely N-dealkylation sites (N-methyl/N-ethyl adjacent to an activating group) is 1. The van der Waals surface area contributed by atoms with E-state index in [4.69, 9.17) is 4.74 Å². The minimum Gasteiger partial charge on any atom is -0.461 e. The zero-order valence-corrected chi connectivity index (χ0v) is 13.4. The highest BCUT2D eigenvalue weighted by Gasteiger charge is 2.18. The van der Waals surface area contributed by atoms with Gasteiger partial charge in [0, 0.05) is 18.5 Å². The van der Waals surface area contributed by atoms with E-state index in [9.17, 15) is 4.79 Å². The number of ether oxygens (including phenoxy) is 1. The summed E-state index contributed by atoms with van der Waals surface area (Å²) in [5.74, 6) is -0.339. The first-order valence-corrected chi connectivity index (χ1v) is 7.83. The summed E-state index contributed by atoms with van der Waals surface area (Å²) in [5.41, 5.74) is 1.73. The third-order valence-corrected chi connectivity index (χ3v) is 4.24. The molecule has 1 aromatic carbocycles. The Morgan fingerprint density at radius 1 is 1.33 bits per heavy atom. The number of hydrogen-bond donors (Lipinski definition) is 0. The van der Waals surface area contributed by atoms with E-state index in [1.807, 2.05) is 32.2 Å². The molecule has 0 aliphatic rings. The smallest absolute Gasteiger partial charge is 0.358 e. The topological polar surface area (TPSA) is 42.4 Å². The second-order valence-corrected chi connectivity index (χ2v) is 5.96. The van der Waals surface area contributed by atoms with Gasteiger partial charge in [0.25, 0.3) is 0 Å². The van der Waals surface area contributed by atoms with Crippen LogP contribution in [0, 0.1) is 6.92 Å².